The molecule has 4 aromatic rings. The number of anilines is 1. The Morgan fingerprint density at radius 1 is 0.981 bits per heavy atom. The zero-order valence-corrected chi connectivity index (χ0v) is 31.2. The monoisotopic (exact) mass is 725 g/mol. The molecule has 0 radical (unpaired) electrons. The number of hydrogen-bond donors (Lipinski definition) is 3. The first kappa shape index (κ1) is 38.9. The molecule has 0 aliphatic heterocycles. The number of amides is 3. The van der Waals surface area contributed by atoms with Crippen LogP contribution in [0.4, 0.5) is 10.5 Å². The van der Waals surface area contributed by atoms with Gasteiger partial charge in [-0.2, -0.15) is 5.21 Å². The molecular formula is C39H51N9O5. The number of aromatic nitrogens is 5. The number of benzene rings is 2. The molecule has 4 N–H and O–H groups in total. The van der Waals surface area contributed by atoms with Crippen molar-refractivity contribution >= 4 is 23.6 Å². The van der Waals surface area contributed by atoms with Gasteiger partial charge in [0.25, 0.3) is 0 Å². The third-order valence-electron chi connectivity index (χ3n) is 9.18. The maximum atomic E-state index is 14.5. The smallest absolute Gasteiger partial charge is 0.407 e. The average molecular weight is 726 g/mol. The first-order valence-electron chi connectivity index (χ1n) is 18.1. The second-order valence-corrected chi connectivity index (χ2v) is 14.8. The summed E-state index contributed by atoms with van der Waals surface area (Å²) in [6.45, 7) is 7.46. The number of nitrogens with one attached hydrogen (secondary N) is 2. The Hall–Kier alpha value is -5.37. The Morgan fingerprint density at radius 2 is 1.72 bits per heavy atom. The highest BCUT2D eigenvalue weighted by molar-refractivity contribution is 6.01. The van der Waals surface area contributed by atoms with Gasteiger partial charge in [0.2, 0.25) is 23.5 Å². The van der Waals surface area contributed by atoms with Gasteiger partial charge in [-0.3, -0.25) is 14.5 Å². The van der Waals surface area contributed by atoms with E-state index in [1.54, 1.807) is 35.4 Å². The lowest BCUT2D eigenvalue weighted by molar-refractivity contribution is -0.127. The van der Waals surface area contributed by atoms with Crippen LogP contribution in [0.3, 0.4) is 0 Å². The van der Waals surface area contributed by atoms with Crippen LogP contribution in [0.1, 0.15) is 58.4 Å². The zero-order valence-electron chi connectivity index (χ0n) is 31.2. The second kappa shape index (κ2) is 17.9. The predicted molar refractivity (Wildman–Crippen MR) is 202 cm³/mol. The summed E-state index contributed by atoms with van der Waals surface area (Å²) in [6.07, 6.45) is 5.14. The van der Waals surface area contributed by atoms with Crippen molar-refractivity contribution in [3.8, 4) is 28.4 Å². The van der Waals surface area contributed by atoms with Gasteiger partial charge in [0, 0.05) is 54.5 Å². The number of nitrogens with zero attached hydrogens (tertiary/aromatic N) is 6. The van der Waals surface area contributed by atoms with Crippen LogP contribution < -0.4 is 20.7 Å². The van der Waals surface area contributed by atoms with E-state index in [-0.39, 0.29) is 24.2 Å². The lowest BCUT2D eigenvalue weighted by atomic mass is 9.81. The van der Waals surface area contributed by atoms with Crippen molar-refractivity contribution in [2.75, 3.05) is 38.7 Å². The topological polar surface area (TPSA) is 182 Å². The van der Waals surface area contributed by atoms with Crippen molar-refractivity contribution in [2.24, 2.45) is 17.6 Å². The van der Waals surface area contributed by atoms with Gasteiger partial charge in [-0.1, -0.05) is 24.3 Å². The predicted octanol–water partition coefficient (Wildman–Crippen LogP) is 5.02. The molecule has 14 heteroatoms. The van der Waals surface area contributed by atoms with E-state index in [1.807, 2.05) is 71.3 Å². The summed E-state index contributed by atoms with van der Waals surface area (Å²) in [5.74, 6) is 0.0780. The van der Waals surface area contributed by atoms with E-state index in [1.165, 1.54) is 0 Å². The fourth-order valence-corrected chi connectivity index (χ4v) is 6.48. The highest BCUT2D eigenvalue weighted by Crippen LogP contribution is 2.33. The number of alkyl carbamates (subject to hydrolysis) is 1. The maximum absolute atomic E-state index is 14.5. The quantitative estimate of drug-likeness (QED) is 0.141. The molecule has 3 amide bonds. The molecule has 0 saturated heterocycles. The first-order valence-corrected chi connectivity index (χ1v) is 18.1. The normalized spacial score (nSPS) is 16.5. The van der Waals surface area contributed by atoms with Gasteiger partial charge in [-0.25, -0.2) is 9.78 Å². The number of aromatic amines is 1. The van der Waals surface area contributed by atoms with Crippen LogP contribution in [0.5, 0.6) is 5.88 Å². The van der Waals surface area contributed by atoms with E-state index in [2.05, 4.69) is 35.8 Å². The molecule has 5 rings (SSSR count). The summed E-state index contributed by atoms with van der Waals surface area (Å²) in [7, 11) is 4.06. The van der Waals surface area contributed by atoms with Gasteiger partial charge in [0.15, 0.2) is 0 Å². The largest absolute Gasteiger partial charge is 0.478 e. The molecular weight excluding hydrogens is 674 g/mol. The fourth-order valence-electron chi connectivity index (χ4n) is 6.48. The molecule has 1 aliphatic rings. The minimum absolute atomic E-state index is 0.166. The number of tetrazole rings is 1. The number of nitrogens with two attached hydrogens (primary N) is 1. The van der Waals surface area contributed by atoms with Crippen LogP contribution in [0.15, 0.2) is 66.9 Å². The molecule has 1 saturated carbocycles. The number of ether oxygens (including phenoxy) is 2. The lowest BCUT2D eigenvalue weighted by Gasteiger charge is -2.36. The molecule has 14 nitrogen and oxygen atoms in total. The minimum Gasteiger partial charge on any atom is -0.478 e. The molecule has 0 unspecified atom stereocenters. The molecule has 282 valence electrons. The van der Waals surface area contributed by atoms with Crippen LogP contribution in [0, 0.1) is 11.8 Å². The maximum Gasteiger partial charge on any atom is 0.407 e. The average Bonchev–Trinajstić information content (AvgIpc) is 3.68. The molecule has 53 heavy (non-hydrogen) atoms. The van der Waals surface area contributed by atoms with Gasteiger partial charge >= 0.3 is 6.09 Å². The Balaban J connectivity index is 1.33. The highest BCUT2D eigenvalue weighted by atomic mass is 16.6. The number of carbonyl (C=O) groups excluding carboxylic acids is 3. The fraction of sp³-hybridized carbons (Fsp3) is 0.462. The van der Waals surface area contributed by atoms with E-state index in [0.717, 1.165) is 42.5 Å². The molecule has 2 aromatic heterocycles. The second-order valence-electron chi connectivity index (χ2n) is 14.8. The number of pyridine rings is 1. The molecule has 1 aliphatic carbocycles. The van der Waals surface area contributed by atoms with Crippen molar-refractivity contribution in [1.29, 1.82) is 0 Å². The standard InChI is InChI=1S/C39H51N9O5/c1-39(2,3)53-38(51)42-24-26-10-12-29(13-11-26)37(50)48(32-17-14-28(15-18-32)36-43-45-46-44-36)33(35(40)49)23-27-8-6-9-30(22-27)31-16-19-34(41-25-31)52-21-7-20-47(4)5/h6,8-9,14-19,22,25-26,29,33H,7,10-13,20-21,23-24H2,1-5H3,(H2,40,49)(H,42,51)(H,43,44,45,46)/t26?,29?,33-/m0/s1. The van der Waals surface area contributed by atoms with Crippen molar-refractivity contribution in [3.05, 3.63) is 72.4 Å². The number of H-pyrrole nitrogens is 1. The molecule has 1 fully saturated rings. The number of primary amides is 1. The minimum atomic E-state index is -0.962. The number of hydrogen-bond acceptors (Lipinski definition) is 10. The molecule has 0 bridgehead atoms. The van der Waals surface area contributed by atoms with Crippen molar-refractivity contribution in [1.82, 2.24) is 35.8 Å². The van der Waals surface area contributed by atoms with E-state index in [9.17, 15) is 14.4 Å². The van der Waals surface area contributed by atoms with Gasteiger partial charge in [0.05, 0.1) is 6.61 Å². The van der Waals surface area contributed by atoms with E-state index < -0.39 is 23.6 Å². The summed E-state index contributed by atoms with van der Waals surface area (Å²) in [6, 6.07) is 17.8. The third-order valence-corrected chi connectivity index (χ3v) is 9.18. The summed E-state index contributed by atoms with van der Waals surface area (Å²) in [5, 5.41) is 17.1. The molecule has 2 heterocycles. The van der Waals surface area contributed by atoms with Crippen LogP contribution in [0.25, 0.3) is 22.5 Å². The van der Waals surface area contributed by atoms with E-state index in [4.69, 9.17) is 15.2 Å². The van der Waals surface area contributed by atoms with Crippen LogP contribution in [-0.2, 0) is 20.7 Å². The molecule has 1 atom stereocenters. The van der Waals surface area contributed by atoms with Crippen molar-refractivity contribution in [2.45, 2.75) is 70.9 Å². The van der Waals surface area contributed by atoms with Gasteiger partial charge in [-0.15, -0.1) is 10.2 Å². The Bertz CT molecular complexity index is 1780. The van der Waals surface area contributed by atoms with Gasteiger partial charge in [-0.05, 0) is 120 Å². The van der Waals surface area contributed by atoms with Crippen LogP contribution in [0.2, 0.25) is 0 Å². The van der Waals surface area contributed by atoms with Crippen LogP contribution in [-0.4, -0.2) is 93.9 Å². The summed E-state index contributed by atoms with van der Waals surface area (Å²) >= 11 is 0. The Kier molecular flexibility index (Phi) is 13.1. The Morgan fingerprint density at radius 3 is 2.34 bits per heavy atom. The first-order chi connectivity index (χ1) is 25.4. The molecule has 2 aromatic carbocycles. The van der Waals surface area contributed by atoms with Gasteiger partial charge < -0.3 is 25.4 Å². The molecule has 0 spiro atoms. The van der Waals surface area contributed by atoms with E-state index >= 15 is 0 Å². The summed E-state index contributed by atoms with van der Waals surface area (Å²) in [4.78, 5) is 48.2. The van der Waals surface area contributed by atoms with Crippen molar-refractivity contribution in [3.63, 3.8) is 0 Å². The summed E-state index contributed by atoms with van der Waals surface area (Å²) < 4.78 is 11.2. The van der Waals surface area contributed by atoms with Crippen LogP contribution >= 0.6 is 0 Å². The van der Waals surface area contributed by atoms with E-state index in [0.29, 0.717) is 48.9 Å². The number of rotatable bonds is 15. The third kappa shape index (κ3) is 11.3. The van der Waals surface area contributed by atoms with Gasteiger partial charge in [0.1, 0.15) is 11.6 Å². The Labute approximate surface area is 310 Å². The van der Waals surface area contributed by atoms with Crippen molar-refractivity contribution < 1.29 is 23.9 Å². The number of carbonyl (C=O) groups is 3. The lowest BCUT2D eigenvalue weighted by Crippen LogP contribution is -2.52. The SMILES string of the molecule is CN(C)CCCOc1ccc(-c2cccc(C[C@@H](C(N)=O)N(C(=O)C3CCC(CNC(=O)OC(C)(C)C)CC3)c3ccc(-c4nn[nH]n4)cc3)c2)cn1. The summed E-state index contributed by atoms with van der Waals surface area (Å²) in [5.41, 5.74) is 9.44. The highest BCUT2D eigenvalue weighted by Gasteiger charge is 2.36. The zero-order chi connectivity index (χ0) is 38.0.